The second-order valence-corrected chi connectivity index (χ2v) is 3.19. The maximum absolute atomic E-state index is 11.0. The summed E-state index contributed by atoms with van der Waals surface area (Å²) in [4.78, 5) is 21.6. The molecule has 0 saturated carbocycles. The summed E-state index contributed by atoms with van der Waals surface area (Å²) in [7, 11) is 0. The standard InChI is InChI=1S/C11H14N2O2/c1-9(14)13-11(15)8-12-7-10-5-3-2-4-6-10/h2-6,12H,7-8H2,1H3,(H,13,14,15). The van der Waals surface area contributed by atoms with Gasteiger partial charge in [-0.3, -0.25) is 14.9 Å². The van der Waals surface area contributed by atoms with E-state index in [0.717, 1.165) is 5.56 Å². The molecule has 0 spiro atoms. The highest BCUT2D eigenvalue weighted by atomic mass is 16.2. The number of hydrogen-bond acceptors (Lipinski definition) is 3. The zero-order valence-corrected chi connectivity index (χ0v) is 8.62. The van der Waals surface area contributed by atoms with Crippen molar-refractivity contribution in [3.8, 4) is 0 Å². The number of benzene rings is 1. The van der Waals surface area contributed by atoms with Gasteiger partial charge < -0.3 is 5.32 Å². The topological polar surface area (TPSA) is 58.2 Å². The molecule has 0 aliphatic rings. The van der Waals surface area contributed by atoms with Gasteiger partial charge in [0.2, 0.25) is 11.8 Å². The summed E-state index contributed by atoms with van der Waals surface area (Å²) in [6.45, 7) is 2.08. The molecule has 0 unspecified atom stereocenters. The Labute approximate surface area is 88.7 Å². The average Bonchev–Trinajstić information content (AvgIpc) is 2.18. The fraction of sp³-hybridized carbons (Fsp3) is 0.273. The van der Waals surface area contributed by atoms with Crippen LogP contribution in [0, 0.1) is 0 Å². The van der Waals surface area contributed by atoms with Gasteiger partial charge in [0.25, 0.3) is 0 Å². The molecule has 0 heterocycles. The summed E-state index contributed by atoms with van der Waals surface area (Å²) in [5, 5.41) is 5.13. The number of carbonyl (C=O) groups is 2. The van der Waals surface area contributed by atoms with Gasteiger partial charge in [0.05, 0.1) is 6.54 Å². The van der Waals surface area contributed by atoms with Crippen LogP contribution in [0.4, 0.5) is 0 Å². The van der Waals surface area contributed by atoms with Crippen molar-refractivity contribution in [3.05, 3.63) is 35.9 Å². The molecule has 0 aliphatic heterocycles. The monoisotopic (exact) mass is 206 g/mol. The first kappa shape index (κ1) is 11.4. The first-order chi connectivity index (χ1) is 7.18. The highest BCUT2D eigenvalue weighted by molar-refractivity contribution is 5.94. The Morgan fingerprint density at radius 1 is 1.20 bits per heavy atom. The molecule has 1 rings (SSSR count). The molecule has 0 bridgehead atoms. The minimum absolute atomic E-state index is 0.147. The lowest BCUT2D eigenvalue weighted by Gasteiger charge is -2.04. The van der Waals surface area contributed by atoms with Crippen molar-refractivity contribution in [1.82, 2.24) is 10.6 Å². The van der Waals surface area contributed by atoms with E-state index in [9.17, 15) is 9.59 Å². The van der Waals surface area contributed by atoms with E-state index in [2.05, 4.69) is 10.6 Å². The zero-order chi connectivity index (χ0) is 11.1. The molecule has 4 nitrogen and oxygen atoms in total. The summed E-state index contributed by atoms with van der Waals surface area (Å²) >= 11 is 0. The first-order valence-electron chi connectivity index (χ1n) is 4.73. The smallest absolute Gasteiger partial charge is 0.240 e. The van der Waals surface area contributed by atoms with Crippen molar-refractivity contribution < 1.29 is 9.59 Å². The van der Waals surface area contributed by atoms with Gasteiger partial charge in [0.1, 0.15) is 0 Å². The molecule has 1 aromatic carbocycles. The summed E-state index contributed by atoms with van der Waals surface area (Å²) in [5.74, 6) is -0.639. The predicted octanol–water partition coefficient (Wildman–Crippen LogP) is 0.439. The molecule has 0 aliphatic carbocycles. The summed E-state index contributed by atoms with van der Waals surface area (Å²) in [6.07, 6.45) is 0. The minimum Gasteiger partial charge on any atom is -0.304 e. The fourth-order valence-electron chi connectivity index (χ4n) is 1.16. The van der Waals surface area contributed by atoms with Crippen molar-refractivity contribution >= 4 is 11.8 Å². The zero-order valence-electron chi connectivity index (χ0n) is 8.62. The van der Waals surface area contributed by atoms with E-state index in [-0.39, 0.29) is 18.4 Å². The third-order valence-corrected chi connectivity index (χ3v) is 1.77. The second kappa shape index (κ2) is 5.93. The Kier molecular flexibility index (Phi) is 4.50. The molecule has 2 N–H and O–H groups in total. The van der Waals surface area contributed by atoms with Gasteiger partial charge in [0.15, 0.2) is 0 Å². The van der Waals surface area contributed by atoms with Gasteiger partial charge in [-0.25, -0.2) is 0 Å². The summed E-state index contributed by atoms with van der Waals surface area (Å²) in [6, 6.07) is 9.75. The molecule has 1 aromatic rings. The van der Waals surface area contributed by atoms with Gasteiger partial charge in [-0.2, -0.15) is 0 Å². The quantitative estimate of drug-likeness (QED) is 0.751. The average molecular weight is 206 g/mol. The van der Waals surface area contributed by atoms with E-state index in [1.165, 1.54) is 6.92 Å². The molecule has 0 atom stereocenters. The van der Waals surface area contributed by atoms with E-state index in [4.69, 9.17) is 0 Å². The lowest BCUT2D eigenvalue weighted by atomic mass is 10.2. The number of imide groups is 1. The van der Waals surface area contributed by atoms with Crippen molar-refractivity contribution in [2.75, 3.05) is 6.54 Å². The Hall–Kier alpha value is -1.68. The van der Waals surface area contributed by atoms with Crippen LogP contribution in [0.5, 0.6) is 0 Å². The Morgan fingerprint density at radius 2 is 1.87 bits per heavy atom. The molecule has 0 saturated heterocycles. The van der Waals surface area contributed by atoms with Crippen LogP contribution in [-0.2, 0) is 16.1 Å². The van der Waals surface area contributed by atoms with Crippen molar-refractivity contribution in [1.29, 1.82) is 0 Å². The maximum atomic E-state index is 11.0. The lowest BCUT2D eigenvalue weighted by molar-refractivity contribution is -0.128. The second-order valence-electron chi connectivity index (χ2n) is 3.19. The molecule has 0 aromatic heterocycles. The molecule has 0 radical (unpaired) electrons. The van der Waals surface area contributed by atoms with E-state index < -0.39 is 0 Å². The van der Waals surface area contributed by atoms with Gasteiger partial charge in [-0.15, -0.1) is 0 Å². The number of rotatable bonds is 4. The molecular weight excluding hydrogens is 192 g/mol. The Balaban J connectivity index is 2.22. The van der Waals surface area contributed by atoms with Crippen LogP contribution in [0.2, 0.25) is 0 Å². The third-order valence-electron chi connectivity index (χ3n) is 1.77. The van der Waals surface area contributed by atoms with Crippen molar-refractivity contribution in [2.45, 2.75) is 13.5 Å². The number of hydrogen-bond donors (Lipinski definition) is 2. The van der Waals surface area contributed by atoms with Crippen LogP contribution >= 0.6 is 0 Å². The molecular formula is C11H14N2O2. The van der Waals surface area contributed by atoms with Crippen molar-refractivity contribution in [2.24, 2.45) is 0 Å². The van der Waals surface area contributed by atoms with E-state index in [1.54, 1.807) is 0 Å². The lowest BCUT2D eigenvalue weighted by Crippen LogP contribution is -2.36. The van der Waals surface area contributed by atoms with Crippen LogP contribution < -0.4 is 10.6 Å². The first-order valence-corrected chi connectivity index (χ1v) is 4.73. The summed E-state index contributed by atoms with van der Waals surface area (Å²) < 4.78 is 0. The molecule has 4 heteroatoms. The number of amides is 2. The fourth-order valence-corrected chi connectivity index (χ4v) is 1.16. The van der Waals surface area contributed by atoms with E-state index in [0.29, 0.717) is 6.54 Å². The summed E-state index contributed by atoms with van der Waals surface area (Å²) in [5.41, 5.74) is 1.10. The highest BCUT2D eigenvalue weighted by Gasteiger charge is 2.01. The van der Waals surface area contributed by atoms with Gasteiger partial charge in [0, 0.05) is 13.5 Å². The molecule has 2 amide bonds. The van der Waals surface area contributed by atoms with Gasteiger partial charge in [-0.1, -0.05) is 30.3 Å². The number of carbonyl (C=O) groups excluding carboxylic acids is 2. The molecule has 80 valence electrons. The van der Waals surface area contributed by atoms with Crippen LogP contribution in [0.15, 0.2) is 30.3 Å². The molecule has 15 heavy (non-hydrogen) atoms. The van der Waals surface area contributed by atoms with Crippen molar-refractivity contribution in [3.63, 3.8) is 0 Å². The minimum atomic E-state index is -0.332. The SMILES string of the molecule is CC(=O)NC(=O)CNCc1ccccc1. The van der Waals surface area contributed by atoms with Gasteiger partial charge >= 0.3 is 0 Å². The largest absolute Gasteiger partial charge is 0.304 e. The van der Waals surface area contributed by atoms with Crippen LogP contribution in [0.3, 0.4) is 0 Å². The Morgan fingerprint density at radius 3 is 2.47 bits per heavy atom. The molecule has 0 fully saturated rings. The number of nitrogens with one attached hydrogen (secondary N) is 2. The van der Waals surface area contributed by atoms with E-state index in [1.807, 2.05) is 30.3 Å². The van der Waals surface area contributed by atoms with Crippen LogP contribution in [-0.4, -0.2) is 18.4 Å². The van der Waals surface area contributed by atoms with Gasteiger partial charge in [-0.05, 0) is 5.56 Å². The maximum Gasteiger partial charge on any atom is 0.240 e. The van der Waals surface area contributed by atoms with E-state index >= 15 is 0 Å². The normalized spacial score (nSPS) is 9.67. The van der Waals surface area contributed by atoms with Crippen LogP contribution in [0.25, 0.3) is 0 Å². The Bertz CT molecular complexity index is 336. The predicted molar refractivity (Wildman–Crippen MR) is 57.0 cm³/mol. The van der Waals surface area contributed by atoms with Crippen LogP contribution in [0.1, 0.15) is 12.5 Å². The highest BCUT2D eigenvalue weighted by Crippen LogP contribution is 1.96. The third kappa shape index (κ3) is 4.93.